The summed E-state index contributed by atoms with van der Waals surface area (Å²) < 4.78 is 12.1. The number of rotatable bonds is 6. The highest BCUT2D eigenvalue weighted by molar-refractivity contribution is 6.05. The topological polar surface area (TPSA) is 125 Å². The number of tetrazole rings is 1. The van der Waals surface area contributed by atoms with Crippen LogP contribution in [0.2, 0.25) is 0 Å². The predicted octanol–water partition coefficient (Wildman–Crippen LogP) is 3.15. The lowest BCUT2D eigenvalue weighted by molar-refractivity contribution is 0.102. The van der Waals surface area contributed by atoms with Crippen LogP contribution in [0.15, 0.2) is 82.2 Å². The zero-order valence-corrected chi connectivity index (χ0v) is 16.0. The second-order valence-electron chi connectivity index (χ2n) is 6.58. The second kappa shape index (κ2) is 8.03. The number of hydrogen-bond donors (Lipinski definition) is 1. The molecule has 0 aliphatic rings. The third-order valence-corrected chi connectivity index (χ3v) is 4.54. The van der Waals surface area contributed by atoms with E-state index in [1.807, 2.05) is 30.3 Å². The molecule has 152 valence electrons. The van der Waals surface area contributed by atoms with Crippen molar-refractivity contribution < 1.29 is 13.7 Å². The number of anilines is 1. The highest BCUT2D eigenvalue weighted by Crippen LogP contribution is 2.22. The van der Waals surface area contributed by atoms with Gasteiger partial charge in [-0.25, -0.2) is 4.68 Å². The average molecular weight is 413 g/mol. The van der Waals surface area contributed by atoms with Crippen LogP contribution in [0.25, 0.3) is 17.3 Å². The molecule has 0 saturated carbocycles. The van der Waals surface area contributed by atoms with Crippen molar-refractivity contribution in [1.82, 2.24) is 30.3 Å². The van der Waals surface area contributed by atoms with Gasteiger partial charge < -0.3 is 14.3 Å². The maximum Gasteiger partial charge on any atom is 0.255 e. The van der Waals surface area contributed by atoms with Crippen LogP contribution in [0.1, 0.15) is 21.8 Å². The van der Waals surface area contributed by atoms with E-state index >= 15 is 0 Å². The van der Waals surface area contributed by atoms with Gasteiger partial charge in [0.05, 0.1) is 18.4 Å². The summed E-state index contributed by atoms with van der Waals surface area (Å²) in [5.74, 6) is 1.05. The number of para-hydroxylation sites is 1. The number of furan rings is 1. The minimum Gasteiger partial charge on any atom is -0.461 e. The average Bonchev–Trinajstić information content (AvgIpc) is 3.57. The second-order valence-corrected chi connectivity index (χ2v) is 6.58. The molecule has 3 heterocycles. The first-order valence-electron chi connectivity index (χ1n) is 9.35. The largest absolute Gasteiger partial charge is 0.461 e. The third kappa shape index (κ3) is 3.94. The Morgan fingerprint density at radius 3 is 2.84 bits per heavy atom. The van der Waals surface area contributed by atoms with Crippen LogP contribution < -0.4 is 5.32 Å². The van der Waals surface area contributed by atoms with E-state index in [1.54, 1.807) is 36.6 Å². The van der Waals surface area contributed by atoms with Crippen LogP contribution in [-0.4, -0.2) is 36.3 Å². The molecule has 0 aliphatic carbocycles. The zero-order chi connectivity index (χ0) is 21.0. The van der Waals surface area contributed by atoms with Crippen LogP contribution in [0.4, 0.5) is 5.69 Å². The first kappa shape index (κ1) is 18.4. The van der Waals surface area contributed by atoms with Gasteiger partial charge >= 0.3 is 0 Å². The van der Waals surface area contributed by atoms with E-state index in [4.69, 9.17) is 8.94 Å². The van der Waals surface area contributed by atoms with Crippen molar-refractivity contribution >= 4 is 11.6 Å². The van der Waals surface area contributed by atoms with Gasteiger partial charge in [-0.1, -0.05) is 29.4 Å². The Balaban J connectivity index is 1.35. The van der Waals surface area contributed by atoms with Gasteiger partial charge in [0.25, 0.3) is 5.91 Å². The summed E-state index contributed by atoms with van der Waals surface area (Å²) in [6.45, 7) is 0. The van der Waals surface area contributed by atoms with Crippen molar-refractivity contribution in [2.45, 2.75) is 6.42 Å². The molecule has 5 rings (SSSR count). The molecule has 10 heteroatoms. The van der Waals surface area contributed by atoms with Gasteiger partial charge in [-0.15, -0.1) is 5.10 Å². The Kier molecular flexibility index (Phi) is 4.77. The molecule has 0 radical (unpaired) electrons. The van der Waals surface area contributed by atoms with Crippen LogP contribution in [-0.2, 0) is 6.42 Å². The summed E-state index contributed by atoms with van der Waals surface area (Å²) in [4.78, 5) is 17.2. The predicted molar refractivity (Wildman–Crippen MR) is 108 cm³/mol. The monoisotopic (exact) mass is 413 g/mol. The van der Waals surface area contributed by atoms with Gasteiger partial charge in [-0.2, -0.15) is 4.98 Å². The number of aromatic nitrogens is 6. The van der Waals surface area contributed by atoms with E-state index in [9.17, 15) is 4.79 Å². The molecule has 2 aromatic carbocycles. The quantitative estimate of drug-likeness (QED) is 0.450. The molecule has 0 atom stereocenters. The lowest BCUT2D eigenvalue weighted by Gasteiger charge is -2.10. The minimum absolute atomic E-state index is 0.260. The zero-order valence-electron chi connectivity index (χ0n) is 16.0. The van der Waals surface area contributed by atoms with Crippen LogP contribution in [0.5, 0.6) is 0 Å². The number of nitrogens with zero attached hydrogens (tertiary/aromatic N) is 6. The highest BCUT2D eigenvalue weighted by atomic mass is 16.5. The van der Waals surface area contributed by atoms with Crippen LogP contribution in [0, 0.1) is 0 Å². The van der Waals surface area contributed by atoms with Crippen molar-refractivity contribution in [3.05, 3.63) is 90.3 Å². The minimum atomic E-state index is -0.260. The number of nitrogens with one attached hydrogen (secondary N) is 1. The lowest BCUT2D eigenvalue weighted by atomic mass is 10.1. The molecule has 0 bridgehead atoms. The van der Waals surface area contributed by atoms with Gasteiger partial charge in [-0.3, -0.25) is 4.79 Å². The molecule has 0 saturated heterocycles. The fraction of sp³-hybridized carbons (Fsp3) is 0.0476. The molecular formula is C21H15N7O3. The van der Waals surface area contributed by atoms with Crippen LogP contribution in [0.3, 0.4) is 0 Å². The smallest absolute Gasteiger partial charge is 0.255 e. The molecule has 0 spiro atoms. The van der Waals surface area contributed by atoms with Crippen molar-refractivity contribution in [3.8, 4) is 17.3 Å². The Labute approximate surface area is 175 Å². The van der Waals surface area contributed by atoms with E-state index in [1.165, 1.54) is 11.0 Å². The number of carbonyl (C=O) groups excluding carboxylic acids is 1. The Hall–Kier alpha value is -4.60. The molecule has 3 aromatic heterocycles. The standard InChI is InChI=1S/C21H15N7O3/c29-21(15-6-3-7-16(11-15)28-13-22-26-27-28)23-17-8-2-1-5-14(17)12-19-24-20(25-31-19)18-9-4-10-30-18/h1-11,13H,12H2,(H,23,29). The van der Waals surface area contributed by atoms with Gasteiger partial charge in [0.2, 0.25) is 11.7 Å². The SMILES string of the molecule is O=C(Nc1ccccc1Cc1nc(-c2ccco2)no1)c1cccc(-n2cnnn2)c1. The molecule has 31 heavy (non-hydrogen) atoms. The third-order valence-electron chi connectivity index (χ3n) is 4.54. The lowest BCUT2D eigenvalue weighted by Crippen LogP contribution is -2.14. The summed E-state index contributed by atoms with van der Waals surface area (Å²) in [6, 6.07) is 18.0. The molecule has 10 nitrogen and oxygen atoms in total. The molecular weight excluding hydrogens is 398 g/mol. The summed E-state index contributed by atoms with van der Waals surface area (Å²) >= 11 is 0. The van der Waals surface area contributed by atoms with Gasteiger partial charge in [0.15, 0.2) is 5.76 Å². The first-order valence-corrected chi connectivity index (χ1v) is 9.35. The molecule has 0 unspecified atom stereocenters. The maximum atomic E-state index is 12.9. The number of carbonyl (C=O) groups is 1. The van der Waals surface area contributed by atoms with E-state index in [-0.39, 0.29) is 5.91 Å². The summed E-state index contributed by atoms with van der Waals surface area (Å²) in [5, 5.41) is 18.0. The number of hydrogen-bond acceptors (Lipinski definition) is 8. The van der Waals surface area contributed by atoms with Gasteiger partial charge in [0.1, 0.15) is 6.33 Å². The van der Waals surface area contributed by atoms with Crippen molar-refractivity contribution in [2.24, 2.45) is 0 Å². The summed E-state index contributed by atoms with van der Waals surface area (Å²) in [5.41, 5.74) is 2.64. The summed E-state index contributed by atoms with van der Waals surface area (Å²) in [6.07, 6.45) is 3.37. The molecule has 1 amide bonds. The summed E-state index contributed by atoms with van der Waals surface area (Å²) in [7, 11) is 0. The molecule has 5 aromatic rings. The van der Waals surface area contributed by atoms with Crippen molar-refractivity contribution in [3.63, 3.8) is 0 Å². The van der Waals surface area contributed by atoms with Gasteiger partial charge in [-0.05, 0) is 52.4 Å². The highest BCUT2D eigenvalue weighted by Gasteiger charge is 2.15. The Morgan fingerprint density at radius 1 is 1.06 bits per heavy atom. The Bertz CT molecular complexity index is 1310. The molecule has 0 aliphatic heterocycles. The van der Waals surface area contributed by atoms with Crippen LogP contribution >= 0.6 is 0 Å². The number of amides is 1. The van der Waals surface area contributed by atoms with E-state index in [0.717, 1.165) is 5.56 Å². The van der Waals surface area contributed by atoms with Crippen molar-refractivity contribution in [2.75, 3.05) is 5.32 Å². The van der Waals surface area contributed by atoms with Crippen molar-refractivity contribution in [1.29, 1.82) is 0 Å². The maximum absolute atomic E-state index is 12.9. The van der Waals surface area contributed by atoms with E-state index in [0.29, 0.717) is 40.8 Å². The van der Waals surface area contributed by atoms with Gasteiger partial charge in [0, 0.05) is 11.3 Å². The Morgan fingerprint density at radius 2 is 2.00 bits per heavy atom. The first-order chi connectivity index (χ1) is 15.3. The number of benzene rings is 2. The fourth-order valence-electron chi connectivity index (χ4n) is 3.06. The normalized spacial score (nSPS) is 10.8. The van der Waals surface area contributed by atoms with E-state index < -0.39 is 0 Å². The van der Waals surface area contributed by atoms with E-state index in [2.05, 4.69) is 31.0 Å². The fourth-order valence-corrected chi connectivity index (χ4v) is 3.06. The molecule has 0 fully saturated rings. The molecule has 1 N–H and O–H groups in total.